The first-order valence-electron chi connectivity index (χ1n) is 5.42. The molecule has 0 aliphatic carbocycles. The lowest BCUT2D eigenvalue weighted by Gasteiger charge is -2.09. The van der Waals surface area contributed by atoms with Crippen molar-refractivity contribution in [1.82, 2.24) is 0 Å². The average Bonchev–Trinajstić information content (AvgIpc) is 2.34. The van der Waals surface area contributed by atoms with Crippen LogP contribution in [0.4, 0.5) is 4.39 Å². The van der Waals surface area contributed by atoms with E-state index in [0.717, 1.165) is 16.9 Å². The van der Waals surface area contributed by atoms with Crippen LogP contribution in [-0.4, -0.2) is 0 Å². The molecule has 0 amide bonds. The highest BCUT2D eigenvalue weighted by atomic mass is 19.1. The lowest BCUT2D eigenvalue weighted by Crippen LogP contribution is -1.95. The predicted molar refractivity (Wildman–Crippen MR) is 65.5 cm³/mol. The van der Waals surface area contributed by atoms with Crippen molar-refractivity contribution in [1.29, 1.82) is 0 Å². The molecular formula is C14H14FNO. The Balaban J connectivity index is 2.19. The molecule has 2 aromatic rings. The minimum absolute atomic E-state index is 0.256. The first-order valence-corrected chi connectivity index (χ1v) is 5.42. The maximum atomic E-state index is 12.9. The SMILES string of the molecule is Cc1cc(F)ccc1Oc1ccc(CN)cc1. The summed E-state index contributed by atoms with van der Waals surface area (Å²) in [6.07, 6.45) is 0. The molecule has 0 spiro atoms. The molecule has 0 atom stereocenters. The van der Waals surface area contributed by atoms with Crippen LogP contribution in [0.3, 0.4) is 0 Å². The molecule has 2 N–H and O–H groups in total. The molecule has 0 saturated heterocycles. The first-order chi connectivity index (χ1) is 8.19. The standard InChI is InChI=1S/C14H14FNO/c1-10-8-12(15)4-7-14(10)17-13-5-2-11(9-16)3-6-13/h2-8H,9,16H2,1H3. The summed E-state index contributed by atoms with van der Waals surface area (Å²) in [6.45, 7) is 2.32. The second-order valence-electron chi connectivity index (χ2n) is 3.86. The van der Waals surface area contributed by atoms with E-state index < -0.39 is 0 Å². The molecule has 0 unspecified atom stereocenters. The van der Waals surface area contributed by atoms with E-state index >= 15 is 0 Å². The van der Waals surface area contributed by atoms with Crippen LogP contribution in [0.25, 0.3) is 0 Å². The van der Waals surface area contributed by atoms with Crippen LogP contribution in [-0.2, 0) is 6.54 Å². The Morgan fingerprint density at radius 3 is 2.41 bits per heavy atom. The average molecular weight is 231 g/mol. The van der Waals surface area contributed by atoms with E-state index in [0.29, 0.717) is 12.3 Å². The number of aryl methyl sites for hydroxylation is 1. The monoisotopic (exact) mass is 231 g/mol. The molecule has 2 rings (SSSR count). The zero-order chi connectivity index (χ0) is 12.3. The molecule has 0 saturated carbocycles. The number of ether oxygens (including phenoxy) is 1. The fourth-order valence-corrected chi connectivity index (χ4v) is 1.55. The molecule has 2 nitrogen and oxygen atoms in total. The van der Waals surface area contributed by atoms with Crippen LogP contribution in [0.2, 0.25) is 0 Å². The Hall–Kier alpha value is -1.87. The molecule has 0 bridgehead atoms. The maximum Gasteiger partial charge on any atom is 0.130 e. The van der Waals surface area contributed by atoms with Gasteiger partial charge in [0.2, 0.25) is 0 Å². The van der Waals surface area contributed by atoms with Crippen molar-refractivity contribution in [2.24, 2.45) is 5.73 Å². The third-order valence-electron chi connectivity index (χ3n) is 2.52. The van der Waals surface area contributed by atoms with Crippen molar-refractivity contribution in [3.63, 3.8) is 0 Å². The summed E-state index contributed by atoms with van der Waals surface area (Å²) < 4.78 is 18.6. The summed E-state index contributed by atoms with van der Waals surface area (Å²) in [5.74, 6) is 1.12. The fraction of sp³-hybridized carbons (Fsp3) is 0.143. The van der Waals surface area contributed by atoms with Crippen LogP contribution in [0.5, 0.6) is 11.5 Å². The van der Waals surface area contributed by atoms with E-state index in [9.17, 15) is 4.39 Å². The molecule has 0 fully saturated rings. The zero-order valence-electron chi connectivity index (χ0n) is 9.61. The number of rotatable bonds is 3. The quantitative estimate of drug-likeness (QED) is 0.878. The summed E-state index contributed by atoms with van der Waals surface area (Å²) in [5.41, 5.74) is 7.33. The van der Waals surface area contributed by atoms with Crippen molar-refractivity contribution in [3.05, 3.63) is 59.4 Å². The predicted octanol–water partition coefficient (Wildman–Crippen LogP) is 3.39. The van der Waals surface area contributed by atoms with Crippen molar-refractivity contribution < 1.29 is 9.13 Å². The van der Waals surface area contributed by atoms with Gasteiger partial charge in [-0.2, -0.15) is 0 Å². The highest BCUT2D eigenvalue weighted by Gasteiger charge is 2.02. The van der Waals surface area contributed by atoms with Crippen LogP contribution < -0.4 is 10.5 Å². The first kappa shape index (κ1) is 11.6. The van der Waals surface area contributed by atoms with Crippen molar-refractivity contribution in [2.75, 3.05) is 0 Å². The van der Waals surface area contributed by atoms with E-state index in [4.69, 9.17) is 10.5 Å². The van der Waals surface area contributed by atoms with Gasteiger partial charge in [0.05, 0.1) is 0 Å². The molecule has 0 aliphatic rings. The lowest BCUT2D eigenvalue weighted by molar-refractivity contribution is 0.476. The van der Waals surface area contributed by atoms with Crippen LogP contribution in [0, 0.1) is 12.7 Å². The number of halogens is 1. The van der Waals surface area contributed by atoms with Gasteiger partial charge in [-0.15, -0.1) is 0 Å². The number of hydrogen-bond donors (Lipinski definition) is 1. The van der Waals surface area contributed by atoms with Gasteiger partial charge in [0.25, 0.3) is 0 Å². The van der Waals surface area contributed by atoms with Gasteiger partial charge in [0, 0.05) is 6.54 Å². The molecule has 0 aliphatic heterocycles. The van der Waals surface area contributed by atoms with Crippen molar-refractivity contribution in [3.8, 4) is 11.5 Å². The molecule has 3 heteroatoms. The van der Waals surface area contributed by atoms with Gasteiger partial charge in [-0.25, -0.2) is 4.39 Å². The van der Waals surface area contributed by atoms with E-state index in [1.54, 1.807) is 6.07 Å². The molecule has 0 radical (unpaired) electrons. The zero-order valence-corrected chi connectivity index (χ0v) is 9.61. The molecule has 2 aromatic carbocycles. The molecule has 0 heterocycles. The van der Waals surface area contributed by atoms with E-state index in [1.807, 2.05) is 31.2 Å². The van der Waals surface area contributed by atoms with Crippen molar-refractivity contribution >= 4 is 0 Å². The highest BCUT2D eigenvalue weighted by molar-refractivity contribution is 5.38. The Kier molecular flexibility index (Phi) is 3.40. The van der Waals surface area contributed by atoms with Gasteiger partial charge in [-0.3, -0.25) is 0 Å². The summed E-state index contributed by atoms with van der Waals surface area (Å²) >= 11 is 0. The Morgan fingerprint density at radius 1 is 1.12 bits per heavy atom. The summed E-state index contributed by atoms with van der Waals surface area (Å²) in [7, 11) is 0. The molecule has 17 heavy (non-hydrogen) atoms. The van der Waals surface area contributed by atoms with Gasteiger partial charge in [-0.05, 0) is 48.4 Å². The third kappa shape index (κ3) is 2.82. The number of benzene rings is 2. The van der Waals surface area contributed by atoms with E-state index in [-0.39, 0.29) is 5.82 Å². The fourth-order valence-electron chi connectivity index (χ4n) is 1.55. The van der Waals surface area contributed by atoms with Crippen LogP contribution >= 0.6 is 0 Å². The van der Waals surface area contributed by atoms with E-state index in [2.05, 4.69) is 0 Å². The maximum absolute atomic E-state index is 12.9. The Morgan fingerprint density at radius 2 is 1.82 bits per heavy atom. The highest BCUT2D eigenvalue weighted by Crippen LogP contribution is 2.25. The third-order valence-corrected chi connectivity index (χ3v) is 2.52. The number of hydrogen-bond acceptors (Lipinski definition) is 2. The Labute approximate surface area is 99.8 Å². The smallest absolute Gasteiger partial charge is 0.130 e. The lowest BCUT2D eigenvalue weighted by atomic mass is 10.2. The normalized spacial score (nSPS) is 10.3. The van der Waals surface area contributed by atoms with Gasteiger partial charge in [0.15, 0.2) is 0 Å². The van der Waals surface area contributed by atoms with Gasteiger partial charge in [0.1, 0.15) is 17.3 Å². The minimum Gasteiger partial charge on any atom is -0.457 e. The molecular weight excluding hydrogens is 217 g/mol. The summed E-state index contributed by atoms with van der Waals surface area (Å²) in [5, 5.41) is 0. The number of nitrogens with two attached hydrogens (primary N) is 1. The molecule has 88 valence electrons. The van der Waals surface area contributed by atoms with Crippen LogP contribution in [0.1, 0.15) is 11.1 Å². The van der Waals surface area contributed by atoms with E-state index in [1.165, 1.54) is 12.1 Å². The van der Waals surface area contributed by atoms with Crippen LogP contribution in [0.15, 0.2) is 42.5 Å². The van der Waals surface area contributed by atoms with Crippen molar-refractivity contribution in [2.45, 2.75) is 13.5 Å². The summed E-state index contributed by atoms with van der Waals surface area (Å²) in [6, 6.07) is 12.0. The van der Waals surface area contributed by atoms with Gasteiger partial charge < -0.3 is 10.5 Å². The Bertz CT molecular complexity index is 508. The largest absolute Gasteiger partial charge is 0.457 e. The molecule has 0 aromatic heterocycles. The minimum atomic E-state index is -0.256. The van der Waals surface area contributed by atoms with Gasteiger partial charge in [-0.1, -0.05) is 12.1 Å². The topological polar surface area (TPSA) is 35.2 Å². The summed E-state index contributed by atoms with van der Waals surface area (Å²) in [4.78, 5) is 0. The van der Waals surface area contributed by atoms with Gasteiger partial charge >= 0.3 is 0 Å². The second kappa shape index (κ2) is 4.97. The second-order valence-corrected chi connectivity index (χ2v) is 3.86.